The Kier molecular flexibility index (Phi) is 31.6. The highest BCUT2D eigenvalue weighted by Crippen LogP contribution is 2.30. The number of hydrogen-bond acceptors (Lipinski definition) is 16. The largest absolute Gasteiger partial charge is 0.467 e. The van der Waals surface area contributed by atoms with E-state index in [1.807, 2.05) is 127 Å². The number of methoxy groups -OCH3 is 3. The van der Waals surface area contributed by atoms with Gasteiger partial charge in [-0.3, -0.25) is 28.8 Å². The van der Waals surface area contributed by atoms with Crippen LogP contribution in [-0.4, -0.2) is 209 Å². The predicted octanol–water partition coefficient (Wildman–Crippen LogP) is 11.3. The molecular weight excluding hydrogens is 1550 g/mol. The fourth-order valence-corrected chi connectivity index (χ4v) is 15.5. The Labute approximate surface area is 702 Å². The lowest BCUT2D eigenvalue weighted by Crippen LogP contribution is -2.65. The van der Waals surface area contributed by atoms with E-state index < -0.39 is 102 Å². The maximum Gasteiger partial charge on any atom is 0.408 e. The van der Waals surface area contributed by atoms with Crippen LogP contribution in [-0.2, 0) is 101 Å². The first-order chi connectivity index (χ1) is 58.0. The zero-order valence-electron chi connectivity index (χ0n) is 68.9. The summed E-state index contributed by atoms with van der Waals surface area (Å²) >= 11 is 0. The summed E-state index contributed by atoms with van der Waals surface area (Å²) in [5.74, 6) is -5.16. The van der Waals surface area contributed by atoms with E-state index in [0.29, 0.717) is 5.56 Å². The molecule has 0 aliphatic carbocycles. The standard InChI is InChI=1S/C35H40FN3O6.2C30H32FN3O4/c1-6-9-29-32(41)39(30(33(42)44-5)22-24-12-15-25-10-7-8-11-26(25)20-24)19-18-38(29)31(40)28(37-34(43)45-35(2,3)4)21-23-13-16-27(36)17-14-23;2*1-3-6-26-29(36)34(16-15-33(26)28(35)25(32)18-20-10-13-24(31)14-11-20)27(30(37)38-2)19-21-9-12-22-7-4-5-8-23(22)17-21/h6-8,10-17,20,28-30H,1,9,18-19,21-22H2,2-5H3,(H,37,43);2*3-5,7-14,17,25-27H,1,6,15-16,18-19,32H2,2H3/t28-,29+,30+;2*25-,26+,27+/m111/s1. The molecule has 3 saturated heterocycles. The molecule has 7 amide bonds. The average Bonchev–Trinajstić information content (AvgIpc) is 0.793. The summed E-state index contributed by atoms with van der Waals surface area (Å²) in [7, 11) is 3.88. The summed E-state index contributed by atoms with van der Waals surface area (Å²) in [4.78, 5) is 143. The first-order valence-corrected chi connectivity index (χ1v) is 40.1. The minimum Gasteiger partial charge on any atom is -0.467 e. The molecule has 23 nitrogen and oxygen atoms in total. The first-order valence-electron chi connectivity index (χ1n) is 40.1. The highest BCUT2D eigenvalue weighted by molar-refractivity contribution is 5.97. The average molecular weight is 1650 g/mol. The number of halogens is 3. The quantitative estimate of drug-likeness (QED) is 0.0233. The van der Waals surface area contributed by atoms with Crippen molar-refractivity contribution in [3.63, 3.8) is 0 Å². The number of amides is 7. The molecule has 3 fully saturated rings. The Bertz CT molecular complexity index is 5020. The lowest BCUT2D eigenvalue weighted by molar-refractivity contribution is -0.161. The minimum atomic E-state index is -1.11. The zero-order valence-corrected chi connectivity index (χ0v) is 68.9. The molecule has 9 aromatic carbocycles. The van der Waals surface area contributed by atoms with E-state index in [4.69, 9.17) is 30.4 Å². The number of nitrogens with zero attached hydrogens (tertiary/aromatic N) is 6. The monoisotopic (exact) mass is 1650 g/mol. The highest BCUT2D eigenvalue weighted by atomic mass is 19.1. The van der Waals surface area contributed by atoms with Crippen LogP contribution in [0.25, 0.3) is 32.3 Å². The van der Waals surface area contributed by atoms with Gasteiger partial charge in [-0.1, -0.05) is 182 Å². The molecule has 3 aliphatic rings. The van der Waals surface area contributed by atoms with Gasteiger partial charge in [0.25, 0.3) is 0 Å². The third kappa shape index (κ3) is 23.6. The number of carbonyl (C=O) groups excluding carboxylic acids is 10. The smallest absolute Gasteiger partial charge is 0.408 e. The number of fused-ring (bicyclic) bond motifs is 3. The van der Waals surface area contributed by atoms with Crippen LogP contribution in [0.3, 0.4) is 0 Å². The van der Waals surface area contributed by atoms with Gasteiger partial charge in [-0.15, -0.1) is 19.7 Å². The maximum atomic E-state index is 14.1. The molecule has 3 aliphatic heterocycles. The number of carbonyl (C=O) groups is 10. The third-order valence-electron chi connectivity index (χ3n) is 21.6. The number of nitrogens with two attached hydrogens (primary N) is 2. The topological polar surface area (TPSA) is 291 Å². The van der Waals surface area contributed by atoms with Gasteiger partial charge in [-0.2, -0.15) is 0 Å². The van der Waals surface area contributed by atoms with Crippen LogP contribution in [0, 0.1) is 17.5 Å². The number of nitrogens with one attached hydrogen (secondary N) is 1. The summed E-state index contributed by atoms with van der Waals surface area (Å²) in [6.07, 6.45) is 5.71. The van der Waals surface area contributed by atoms with Gasteiger partial charge in [-0.05, 0) is 155 Å². The van der Waals surface area contributed by atoms with Crippen LogP contribution in [0.5, 0.6) is 0 Å². The summed E-state index contributed by atoms with van der Waals surface area (Å²) < 4.78 is 60.8. The van der Waals surface area contributed by atoms with Crippen LogP contribution in [0.15, 0.2) is 238 Å². The Balaban J connectivity index is 0.000000191. The van der Waals surface area contributed by atoms with E-state index in [-0.39, 0.29) is 132 Å². The van der Waals surface area contributed by atoms with E-state index in [9.17, 15) is 61.1 Å². The number of piperazine rings is 3. The molecular formula is C95H104F3N9O14. The molecule has 0 spiro atoms. The molecule has 3 heterocycles. The molecule has 0 aromatic heterocycles. The molecule has 12 rings (SSSR count). The Morgan fingerprint density at radius 2 is 0.669 bits per heavy atom. The van der Waals surface area contributed by atoms with Crippen LogP contribution in [0.2, 0.25) is 0 Å². The molecule has 121 heavy (non-hydrogen) atoms. The van der Waals surface area contributed by atoms with Gasteiger partial charge in [0, 0.05) is 65.0 Å². The van der Waals surface area contributed by atoms with Crippen molar-refractivity contribution in [1.29, 1.82) is 0 Å². The van der Waals surface area contributed by atoms with Crippen molar-refractivity contribution in [2.75, 3.05) is 60.6 Å². The highest BCUT2D eigenvalue weighted by Gasteiger charge is 2.47. The number of alkyl carbamates (subject to hydrolysis) is 1. The summed E-state index contributed by atoms with van der Waals surface area (Å²) in [6, 6.07) is 50.5. The van der Waals surface area contributed by atoms with Crippen LogP contribution in [0.1, 0.15) is 73.4 Å². The molecule has 634 valence electrons. The molecule has 0 saturated carbocycles. The minimum absolute atomic E-state index is 0.0420. The van der Waals surface area contributed by atoms with Gasteiger partial charge in [0.2, 0.25) is 35.4 Å². The lowest BCUT2D eigenvalue weighted by Gasteiger charge is -2.44. The number of ether oxygens (including phenoxy) is 4. The van der Waals surface area contributed by atoms with Crippen molar-refractivity contribution in [2.45, 2.75) is 139 Å². The molecule has 0 bridgehead atoms. The Morgan fingerprint density at radius 3 is 0.950 bits per heavy atom. The van der Waals surface area contributed by atoms with E-state index in [1.54, 1.807) is 63.3 Å². The van der Waals surface area contributed by atoms with Crippen molar-refractivity contribution < 1.29 is 80.1 Å². The molecule has 9 atom stereocenters. The number of benzene rings is 9. The molecule has 0 radical (unpaired) electrons. The van der Waals surface area contributed by atoms with Gasteiger partial charge in [0.05, 0.1) is 33.4 Å². The zero-order chi connectivity index (χ0) is 87.2. The fraction of sp³-hybridized carbons (Fsp3) is 0.326. The van der Waals surface area contributed by atoms with E-state index >= 15 is 0 Å². The SMILES string of the molecule is C=CC[C@H]1C(=O)N([C@@H](Cc2ccc3ccccc3c2)C(=O)OC)CCN1C(=O)[C@@H](Cc1ccc(F)cc1)NC(=O)OC(C)(C)C.C=CC[C@H]1C(=O)N([C@@H](Cc2ccc3ccccc3c2)C(=O)OC)CCN1C(=O)[C@H](N)Cc1ccc(F)cc1.C=CC[C@H]1C(=O)N([C@@H](Cc2ccc3ccccc3c2)C(=O)OC)CCN1C(=O)[C@H](N)Cc1ccc(F)cc1. The van der Waals surface area contributed by atoms with Crippen LogP contribution in [0.4, 0.5) is 18.0 Å². The van der Waals surface area contributed by atoms with Crippen LogP contribution < -0.4 is 16.8 Å². The number of rotatable bonds is 28. The fourth-order valence-electron chi connectivity index (χ4n) is 15.5. The number of esters is 3. The van der Waals surface area contributed by atoms with E-state index in [2.05, 4.69) is 25.1 Å². The first kappa shape index (κ1) is 90.5. The van der Waals surface area contributed by atoms with Crippen molar-refractivity contribution in [2.24, 2.45) is 11.5 Å². The summed E-state index contributed by atoms with van der Waals surface area (Å²) in [5, 5.41) is 8.95. The number of hydrogen-bond donors (Lipinski definition) is 3. The second kappa shape index (κ2) is 42.2. The van der Waals surface area contributed by atoms with Crippen molar-refractivity contribution >= 4 is 91.8 Å². The summed E-state index contributed by atoms with van der Waals surface area (Å²) in [5.41, 5.74) is 16.3. The predicted molar refractivity (Wildman–Crippen MR) is 456 cm³/mol. The lowest BCUT2D eigenvalue weighted by atomic mass is 9.97. The van der Waals surface area contributed by atoms with Gasteiger partial charge in [0.15, 0.2) is 0 Å². The van der Waals surface area contributed by atoms with Crippen LogP contribution >= 0.6 is 0 Å². The molecule has 5 N–H and O–H groups in total. The second-order valence-corrected chi connectivity index (χ2v) is 31.0. The third-order valence-corrected chi connectivity index (χ3v) is 21.6. The second-order valence-electron chi connectivity index (χ2n) is 31.0. The van der Waals surface area contributed by atoms with Crippen molar-refractivity contribution in [1.82, 2.24) is 34.7 Å². The molecule has 26 heteroatoms. The summed E-state index contributed by atoms with van der Waals surface area (Å²) in [6.45, 7) is 17.3. The Morgan fingerprint density at radius 1 is 0.397 bits per heavy atom. The van der Waals surface area contributed by atoms with E-state index in [0.717, 1.165) is 60.1 Å². The van der Waals surface area contributed by atoms with Crippen molar-refractivity contribution in [3.8, 4) is 0 Å². The maximum absolute atomic E-state index is 14.1. The molecule has 9 aromatic rings. The van der Waals surface area contributed by atoms with Gasteiger partial charge >= 0.3 is 24.0 Å². The van der Waals surface area contributed by atoms with E-state index in [1.165, 1.54) is 99.3 Å². The Hall–Kier alpha value is -12.8. The van der Waals surface area contributed by atoms with Gasteiger partial charge in [0.1, 0.15) is 65.3 Å². The van der Waals surface area contributed by atoms with Gasteiger partial charge < -0.3 is 65.1 Å². The normalized spacial score (nSPS) is 17.0. The van der Waals surface area contributed by atoms with Crippen molar-refractivity contribution in [3.05, 3.63) is 289 Å². The van der Waals surface area contributed by atoms with Gasteiger partial charge in [-0.25, -0.2) is 32.3 Å². The molecule has 0 unspecified atom stereocenters.